The van der Waals surface area contributed by atoms with Gasteiger partial charge in [0, 0.05) is 17.8 Å². The summed E-state index contributed by atoms with van der Waals surface area (Å²) < 4.78 is 26.8. The first-order valence-electron chi connectivity index (χ1n) is 7.70. The van der Waals surface area contributed by atoms with Crippen LogP contribution in [-0.4, -0.2) is 11.8 Å². The maximum Gasteiger partial charge on any atom is 0.240 e. The molecule has 0 unspecified atom stereocenters. The third-order valence-corrected chi connectivity index (χ3v) is 4.48. The Hall–Kier alpha value is -2.47. The van der Waals surface area contributed by atoms with Crippen molar-refractivity contribution in [3.05, 3.63) is 64.7 Å². The molecular formula is C18H15ClF2N2O2. The summed E-state index contributed by atoms with van der Waals surface area (Å²) in [4.78, 5) is 24.8. The first-order chi connectivity index (χ1) is 11.9. The molecule has 7 heteroatoms. The molecule has 0 heterocycles. The van der Waals surface area contributed by atoms with Crippen molar-refractivity contribution in [1.29, 1.82) is 0 Å². The number of hydrogen-bond donors (Lipinski definition) is 2. The van der Waals surface area contributed by atoms with E-state index in [2.05, 4.69) is 10.6 Å². The number of hydrogen-bond acceptors (Lipinski definition) is 2. The van der Waals surface area contributed by atoms with E-state index < -0.39 is 28.9 Å². The van der Waals surface area contributed by atoms with Crippen molar-refractivity contribution in [1.82, 2.24) is 5.32 Å². The SMILES string of the molecule is O=C(NCc1ccccc1F)C1(C(=O)Nc2ccc(F)c(Cl)c2)CC1. The third-order valence-electron chi connectivity index (χ3n) is 4.19. The van der Waals surface area contributed by atoms with Gasteiger partial charge < -0.3 is 10.6 Å². The summed E-state index contributed by atoms with van der Waals surface area (Å²) in [5.41, 5.74) is -0.520. The number of carbonyl (C=O) groups excluding carboxylic acids is 2. The van der Waals surface area contributed by atoms with E-state index in [-0.39, 0.29) is 11.6 Å². The van der Waals surface area contributed by atoms with Crippen molar-refractivity contribution in [2.75, 3.05) is 5.32 Å². The van der Waals surface area contributed by atoms with Crippen LogP contribution < -0.4 is 10.6 Å². The van der Waals surface area contributed by atoms with Crippen molar-refractivity contribution in [3.8, 4) is 0 Å². The van der Waals surface area contributed by atoms with Gasteiger partial charge in [0.25, 0.3) is 0 Å². The van der Waals surface area contributed by atoms with Crippen LogP contribution in [0, 0.1) is 17.0 Å². The fourth-order valence-electron chi connectivity index (χ4n) is 2.49. The summed E-state index contributed by atoms with van der Waals surface area (Å²) in [5.74, 6) is -1.95. The Balaban J connectivity index is 1.64. The molecule has 0 spiro atoms. The van der Waals surface area contributed by atoms with E-state index in [0.29, 0.717) is 24.1 Å². The number of carbonyl (C=O) groups is 2. The summed E-state index contributed by atoms with van der Waals surface area (Å²) in [7, 11) is 0. The maximum absolute atomic E-state index is 13.6. The van der Waals surface area contributed by atoms with Crippen molar-refractivity contribution in [2.24, 2.45) is 5.41 Å². The molecule has 0 radical (unpaired) electrons. The second-order valence-electron chi connectivity index (χ2n) is 5.94. The van der Waals surface area contributed by atoms with Gasteiger partial charge in [0.2, 0.25) is 11.8 Å². The van der Waals surface area contributed by atoms with Crippen molar-refractivity contribution < 1.29 is 18.4 Å². The molecule has 2 aromatic rings. The van der Waals surface area contributed by atoms with Gasteiger partial charge in [-0.25, -0.2) is 8.78 Å². The molecule has 2 aromatic carbocycles. The Labute approximate surface area is 148 Å². The summed E-state index contributed by atoms with van der Waals surface area (Å²) in [5, 5.41) is 5.06. The molecule has 2 N–H and O–H groups in total. The Bertz CT molecular complexity index is 838. The number of nitrogens with one attached hydrogen (secondary N) is 2. The Kier molecular flexibility index (Phi) is 4.72. The summed E-state index contributed by atoms with van der Waals surface area (Å²) >= 11 is 5.68. The monoisotopic (exact) mass is 364 g/mol. The van der Waals surface area contributed by atoms with Crippen molar-refractivity contribution in [3.63, 3.8) is 0 Å². The van der Waals surface area contributed by atoms with Gasteiger partial charge in [-0.2, -0.15) is 0 Å². The molecule has 1 aliphatic rings. The first-order valence-corrected chi connectivity index (χ1v) is 8.08. The molecule has 0 aliphatic heterocycles. The highest BCUT2D eigenvalue weighted by Gasteiger charge is 2.56. The van der Waals surface area contributed by atoms with Gasteiger partial charge in [0.15, 0.2) is 0 Å². The number of benzene rings is 2. The van der Waals surface area contributed by atoms with E-state index in [1.807, 2.05) is 0 Å². The van der Waals surface area contributed by atoms with Crippen LogP contribution in [0.15, 0.2) is 42.5 Å². The van der Waals surface area contributed by atoms with E-state index >= 15 is 0 Å². The van der Waals surface area contributed by atoms with Crippen LogP contribution in [0.1, 0.15) is 18.4 Å². The molecule has 1 aliphatic carbocycles. The smallest absolute Gasteiger partial charge is 0.240 e. The lowest BCUT2D eigenvalue weighted by atomic mass is 10.0. The summed E-state index contributed by atoms with van der Waals surface area (Å²) in [6.07, 6.45) is 0.799. The summed E-state index contributed by atoms with van der Waals surface area (Å²) in [6.45, 7) is 0.00289. The highest BCUT2D eigenvalue weighted by Crippen LogP contribution is 2.47. The Morgan fingerprint density at radius 3 is 2.40 bits per heavy atom. The lowest BCUT2D eigenvalue weighted by Gasteiger charge is -2.16. The minimum Gasteiger partial charge on any atom is -0.351 e. The predicted octanol–water partition coefficient (Wildman–Crippen LogP) is 3.65. The average Bonchev–Trinajstić information content (AvgIpc) is 3.39. The molecule has 25 heavy (non-hydrogen) atoms. The molecule has 1 fully saturated rings. The minimum atomic E-state index is -1.17. The molecule has 130 valence electrons. The topological polar surface area (TPSA) is 58.2 Å². The second kappa shape index (κ2) is 6.80. The van der Waals surface area contributed by atoms with Crippen LogP contribution >= 0.6 is 11.6 Å². The van der Waals surface area contributed by atoms with Crippen LogP contribution in [0.25, 0.3) is 0 Å². The predicted molar refractivity (Wildman–Crippen MR) is 90.0 cm³/mol. The Morgan fingerprint density at radius 2 is 1.76 bits per heavy atom. The van der Waals surface area contributed by atoms with Crippen molar-refractivity contribution >= 4 is 29.1 Å². The zero-order valence-electron chi connectivity index (χ0n) is 13.1. The zero-order chi connectivity index (χ0) is 18.0. The Morgan fingerprint density at radius 1 is 1.04 bits per heavy atom. The lowest BCUT2D eigenvalue weighted by Crippen LogP contribution is -2.39. The minimum absolute atomic E-state index is 0.00289. The normalized spacial score (nSPS) is 14.7. The second-order valence-corrected chi connectivity index (χ2v) is 6.35. The molecule has 1 saturated carbocycles. The number of amides is 2. The molecule has 4 nitrogen and oxygen atoms in total. The highest BCUT2D eigenvalue weighted by molar-refractivity contribution is 6.31. The average molecular weight is 365 g/mol. The number of rotatable bonds is 5. The van der Waals surface area contributed by atoms with Gasteiger partial charge in [-0.15, -0.1) is 0 Å². The van der Waals surface area contributed by atoms with Crippen LogP contribution in [0.5, 0.6) is 0 Å². The molecule has 0 bridgehead atoms. The summed E-state index contributed by atoms with van der Waals surface area (Å²) in [6, 6.07) is 9.88. The first kappa shape index (κ1) is 17.4. The number of halogens is 3. The fraction of sp³-hybridized carbons (Fsp3) is 0.222. The van der Waals surface area contributed by atoms with Gasteiger partial charge in [-0.3, -0.25) is 9.59 Å². The van der Waals surface area contributed by atoms with E-state index in [9.17, 15) is 18.4 Å². The quantitative estimate of drug-likeness (QED) is 0.795. The van der Waals surface area contributed by atoms with Gasteiger partial charge >= 0.3 is 0 Å². The van der Waals surface area contributed by atoms with E-state index in [1.165, 1.54) is 18.2 Å². The molecule has 3 rings (SSSR count). The van der Waals surface area contributed by atoms with Crippen LogP contribution in [0.2, 0.25) is 5.02 Å². The molecule has 0 atom stereocenters. The van der Waals surface area contributed by atoms with Gasteiger partial charge in [-0.05, 0) is 37.1 Å². The van der Waals surface area contributed by atoms with E-state index in [1.54, 1.807) is 18.2 Å². The highest BCUT2D eigenvalue weighted by atomic mass is 35.5. The van der Waals surface area contributed by atoms with Gasteiger partial charge in [0.1, 0.15) is 17.0 Å². The van der Waals surface area contributed by atoms with Gasteiger partial charge in [0.05, 0.1) is 5.02 Å². The standard InChI is InChI=1S/C18H15ClF2N2O2/c19-13-9-12(5-6-15(13)21)23-17(25)18(7-8-18)16(24)22-10-11-3-1-2-4-14(11)20/h1-6,9H,7-8,10H2,(H,22,24)(H,23,25). The van der Waals surface area contributed by atoms with Crippen LogP contribution in [-0.2, 0) is 16.1 Å². The van der Waals surface area contributed by atoms with Gasteiger partial charge in [-0.1, -0.05) is 29.8 Å². The van der Waals surface area contributed by atoms with E-state index in [4.69, 9.17) is 11.6 Å². The van der Waals surface area contributed by atoms with Crippen LogP contribution in [0.4, 0.5) is 14.5 Å². The number of anilines is 1. The fourth-order valence-corrected chi connectivity index (χ4v) is 2.67. The maximum atomic E-state index is 13.6. The van der Waals surface area contributed by atoms with Crippen LogP contribution in [0.3, 0.4) is 0 Å². The molecule has 0 saturated heterocycles. The molecular weight excluding hydrogens is 350 g/mol. The van der Waals surface area contributed by atoms with Crippen molar-refractivity contribution in [2.45, 2.75) is 19.4 Å². The van der Waals surface area contributed by atoms with E-state index in [0.717, 1.165) is 6.07 Å². The molecule has 2 amide bonds. The largest absolute Gasteiger partial charge is 0.351 e. The lowest BCUT2D eigenvalue weighted by molar-refractivity contribution is -0.134. The molecule has 0 aromatic heterocycles. The third kappa shape index (κ3) is 3.64. The zero-order valence-corrected chi connectivity index (χ0v) is 13.9.